The van der Waals surface area contributed by atoms with Crippen LogP contribution in [0.5, 0.6) is 0 Å². The van der Waals surface area contributed by atoms with Gasteiger partial charge in [-0.1, -0.05) is 66.4 Å². The topological polar surface area (TPSA) is 42.9 Å². The molecular formula is C26H20N2OS2. The molecule has 0 atom stereocenters. The molecule has 0 aliphatic rings. The maximum atomic E-state index is 12.9. The Morgan fingerprint density at radius 3 is 2.61 bits per heavy atom. The Kier molecular flexibility index (Phi) is 5.30. The Hall–Kier alpha value is -3.02. The Bertz CT molecular complexity index is 1440. The highest BCUT2D eigenvalue weighted by Gasteiger charge is 2.16. The molecule has 5 heteroatoms. The summed E-state index contributed by atoms with van der Waals surface area (Å²) in [6.45, 7) is 4.25. The molecule has 0 aliphatic heterocycles. The van der Waals surface area contributed by atoms with Gasteiger partial charge in [-0.25, -0.2) is 9.97 Å². The van der Waals surface area contributed by atoms with Gasteiger partial charge in [0.05, 0.1) is 11.1 Å². The van der Waals surface area contributed by atoms with Gasteiger partial charge in [0.2, 0.25) is 0 Å². The summed E-state index contributed by atoms with van der Waals surface area (Å²) < 4.78 is 0. The number of thioether (sulfide) groups is 1. The maximum absolute atomic E-state index is 12.9. The number of fused-ring (bicyclic) bond motifs is 2. The SMILES string of the molecule is Cc1ccc(-c2csc3ncnc(SCC(=O)c4ccc5ccccc5c4)c23)cc1C. The summed E-state index contributed by atoms with van der Waals surface area (Å²) in [5.74, 6) is 0.442. The van der Waals surface area contributed by atoms with Crippen molar-refractivity contribution in [3.05, 3.63) is 89.1 Å². The van der Waals surface area contributed by atoms with Crippen LogP contribution in [0.3, 0.4) is 0 Å². The summed E-state index contributed by atoms with van der Waals surface area (Å²) in [4.78, 5) is 22.8. The predicted octanol–water partition coefficient (Wildman–Crippen LogP) is 7.10. The lowest BCUT2D eigenvalue weighted by Gasteiger charge is -2.07. The van der Waals surface area contributed by atoms with Gasteiger partial charge in [-0.3, -0.25) is 4.79 Å². The van der Waals surface area contributed by atoms with Gasteiger partial charge in [0.1, 0.15) is 16.2 Å². The van der Waals surface area contributed by atoms with Crippen LogP contribution in [0.2, 0.25) is 0 Å². The van der Waals surface area contributed by atoms with Crippen LogP contribution in [0.1, 0.15) is 21.5 Å². The van der Waals surface area contributed by atoms with Crippen molar-refractivity contribution in [2.45, 2.75) is 18.9 Å². The monoisotopic (exact) mass is 440 g/mol. The van der Waals surface area contributed by atoms with Gasteiger partial charge in [0.25, 0.3) is 0 Å². The quantitative estimate of drug-likeness (QED) is 0.166. The zero-order valence-corrected chi connectivity index (χ0v) is 18.9. The van der Waals surface area contributed by atoms with Gasteiger partial charge in [-0.2, -0.15) is 0 Å². The lowest BCUT2D eigenvalue weighted by atomic mass is 10.0. The van der Waals surface area contributed by atoms with Gasteiger partial charge < -0.3 is 0 Å². The number of hydrogen-bond acceptors (Lipinski definition) is 5. The van der Waals surface area contributed by atoms with Crippen LogP contribution >= 0.6 is 23.1 Å². The lowest BCUT2D eigenvalue weighted by Crippen LogP contribution is -2.02. The summed E-state index contributed by atoms with van der Waals surface area (Å²) in [5, 5.41) is 6.25. The molecule has 5 rings (SSSR count). The molecule has 0 saturated heterocycles. The molecule has 5 aromatic rings. The summed E-state index contributed by atoms with van der Waals surface area (Å²) in [6, 6.07) is 20.5. The molecule has 152 valence electrons. The third kappa shape index (κ3) is 3.87. The number of rotatable bonds is 5. The number of aromatic nitrogens is 2. The van der Waals surface area contributed by atoms with E-state index in [2.05, 4.69) is 53.5 Å². The molecule has 31 heavy (non-hydrogen) atoms. The van der Waals surface area contributed by atoms with E-state index >= 15 is 0 Å². The average molecular weight is 441 g/mol. The van der Waals surface area contributed by atoms with E-state index in [4.69, 9.17) is 0 Å². The molecule has 0 radical (unpaired) electrons. The van der Waals surface area contributed by atoms with E-state index in [0.717, 1.165) is 42.7 Å². The van der Waals surface area contributed by atoms with Crippen LogP contribution in [0, 0.1) is 13.8 Å². The third-order valence-corrected chi connectivity index (χ3v) is 7.44. The normalized spacial score (nSPS) is 11.3. The van der Waals surface area contributed by atoms with Gasteiger partial charge in [-0.05, 0) is 47.4 Å². The van der Waals surface area contributed by atoms with E-state index in [-0.39, 0.29) is 5.78 Å². The number of ketones is 1. The lowest BCUT2D eigenvalue weighted by molar-refractivity contribution is 0.102. The van der Waals surface area contributed by atoms with Crippen LogP contribution in [0.15, 0.2) is 77.4 Å². The first-order chi connectivity index (χ1) is 15.1. The predicted molar refractivity (Wildman–Crippen MR) is 131 cm³/mol. The van der Waals surface area contributed by atoms with Gasteiger partial charge in [0.15, 0.2) is 5.78 Å². The number of Topliss-reactive ketones (excluding diaryl/α,β-unsaturated/α-hetero) is 1. The highest BCUT2D eigenvalue weighted by molar-refractivity contribution is 8.00. The number of hydrogen-bond donors (Lipinski definition) is 0. The van der Waals surface area contributed by atoms with E-state index in [1.165, 1.54) is 22.9 Å². The summed E-state index contributed by atoms with van der Waals surface area (Å²) in [5.41, 5.74) is 5.55. The van der Waals surface area contributed by atoms with Crippen molar-refractivity contribution in [3.8, 4) is 11.1 Å². The smallest absolute Gasteiger partial charge is 0.173 e. The Balaban J connectivity index is 1.45. The fourth-order valence-corrected chi connectivity index (χ4v) is 5.55. The van der Waals surface area contributed by atoms with E-state index in [9.17, 15) is 4.79 Å². The van der Waals surface area contributed by atoms with Crippen molar-refractivity contribution in [2.75, 3.05) is 5.75 Å². The molecule has 0 fully saturated rings. The van der Waals surface area contributed by atoms with Crippen molar-refractivity contribution in [3.63, 3.8) is 0 Å². The molecule has 0 amide bonds. The minimum atomic E-state index is 0.102. The second kappa shape index (κ2) is 8.25. The Morgan fingerprint density at radius 2 is 1.77 bits per heavy atom. The van der Waals surface area contributed by atoms with Gasteiger partial charge in [0, 0.05) is 16.5 Å². The average Bonchev–Trinajstić information content (AvgIpc) is 3.24. The van der Waals surface area contributed by atoms with Crippen LogP contribution < -0.4 is 0 Å². The number of benzene rings is 3. The first-order valence-corrected chi connectivity index (χ1v) is 11.9. The third-order valence-electron chi connectivity index (χ3n) is 5.56. The minimum absolute atomic E-state index is 0.102. The Morgan fingerprint density at radius 1 is 0.935 bits per heavy atom. The van der Waals surface area contributed by atoms with E-state index in [1.807, 2.05) is 36.4 Å². The van der Waals surface area contributed by atoms with Crippen molar-refractivity contribution >= 4 is 49.9 Å². The zero-order valence-electron chi connectivity index (χ0n) is 17.3. The first-order valence-electron chi connectivity index (χ1n) is 10.0. The van der Waals surface area contributed by atoms with Crippen LogP contribution in [0.25, 0.3) is 32.1 Å². The summed E-state index contributed by atoms with van der Waals surface area (Å²) >= 11 is 3.10. The van der Waals surface area contributed by atoms with Crippen molar-refractivity contribution < 1.29 is 4.79 Å². The number of aryl methyl sites for hydroxylation is 2. The molecule has 2 aromatic heterocycles. The second-order valence-corrected chi connectivity index (χ2v) is 9.40. The number of carbonyl (C=O) groups is 1. The minimum Gasteiger partial charge on any atom is -0.293 e. The van der Waals surface area contributed by atoms with Gasteiger partial charge in [-0.15, -0.1) is 11.3 Å². The molecule has 0 spiro atoms. The first kappa shape index (κ1) is 19.9. The maximum Gasteiger partial charge on any atom is 0.173 e. The van der Waals surface area contributed by atoms with Crippen LogP contribution in [-0.4, -0.2) is 21.5 Å². The summed E-state index contributed by atoms with van der Waals surface area (Å²) in [6.07, 6.45) is 1.59. The Labute approximate surface area is 189 Å². The van der Waals surface area contributed by atoms with Crippen molar-refractivity contribution in [1.82, 2.24) is 9.97 Å². The highest BCUT2D eigenvalue weighted by atomic mass is 32.2. The van der Waals surface area contributed by atoms with E-state index < -0.39 is 0 Å². The van der Waals surface area contributed by atoms with Crippen LogP contribution in [0.4, 0.5) is 0 Å². The van der Waals surface area contributed by atoms with Crippen LogP contribution in [-0.2, 0) is 0 Å². The second-order valence-electron chi connectivity index (χ2n) is 7.58. The molecule has 3 aromatic carbocycles. The molecule has 0 bridgehead atoms. The van der Waals surface area contributed by atoms with Crippen molar-refractivity contribution in [1.29, 1.82) is 0 Å². The largest absolute Gasteiger partial charge is 0.293 e. The standard InChI is InChI=1S/C26H20N2OS2/c1-16-7-8-20(11-17(16)2)22-13-30-25-24(22)26(28-15-27-25)31-14-23(29)21-10-9-18-5-3-4-6-19(18)12-21/h3-13,15H,14H2,1-2H3. The molecular weight excluding hydrogens is 420 g/mol. The summed E-state index contributed by atoms with van der Waals surface area (Å²) in [7, 11) is 0. The zero-order chi connectivity index (χ0) is 21.4. The number of carbonyl (C=O) groups excluding carboxylic acids is 1. The number of nitrogens with zero attached hydrogens (tertiary/aromatic N) is 2. The van der Waals surface area contributed by atoms with Gasteiger partial charge >= 0.3 is 0 Å². The molecule has 3 nitrogen and oxygen atoms in total. The molecule has 2 heterocycles. The molecule has 0 N–H and O–H groups in total. The highest BCUT2D eigenvalue weighted by Crippen LogP contribution is 2.38. The fourth-order valence-electron chi connectivity index (χ4n) is 3.66. The fraction of sp³-hybridized carbons (Fsp3) is 0.115. The number of thiophene rings is 1. The van der Waals surface area contributed by atoms with E-state index in [1.54, 1.807) is 17.7 Å². The van der Waals surface area contributed by atoms with E-state index in [0.29, 0.717) is 5.75 Å². The molecule has 0 saturated carbocycles. The molecule has 0 unspecified atom stereocenters. The molecule has 0 aliphatic carbocycles. The van der Waals surface area contributed by atoms with Crippen molar-refractivity contribution in [2.24, 2.45) is 0 Å².